The highest BCUT2D eigenvalue weighted by molar-refractivity contribution is 7.09. The second-order valence-corrected chi connectivity index (χ2v) is 2.79. The van der Waals surface area contributed by atoms with Crippen molar-refractivity contribution in [2.45, 2.75) is 13.5 Å². The normalized spacial score (nSPS) is 9.70. The molecule has 0 amide bonds. The molecule has 0 atom stereocenters. The third-order valence-electron chi connectivity index (χ3n) is 1.12. The third kappa shape index (κ3) is 1.51. The van der Waals surface area contributed by atoms with Gasteiger partial charge in [-0.25, -0.2) is 4.98 Å². The van der Waals surface area contributed by atoms with E-state index in [9.17, 15) is 10.1 Å². The molecule has 0 N–H and O–H groups in total. The Balaban J connectivity index is 2.74. The Bertz CT molecular complexity index is 246. The van der Waals surface area contributed by atoms with Crippen LogP contribution in [0, 0.1) is 17.0 Å². The fraction of sp³-hybridized carbons (Fsp3) is 0.400. The molecule has 0 radical (unpaired) electrons. The van der Waals surface area contributed by atoms with Gasteiger partial charge < -0.3 is 0 Å². The monoisotopic (exact) mass is 158 g/mol. The van der Waals surface area contributed by atoms with Crippen molar-refractivity contribution >= 4 is 11.3 Å². The minimum Gasteiger partial charge on any atom is -0.264 e. The average Bonchev–Trinajstić information content (AvgIpc) is 2.15. The van der Waals surface area contributed by atoms with Crippen LogP contribution in [-0.2, 0) is 6.54 Å². The Morgan fingerprint density at radius 1 is 1.90 bits per heavy atom. The van der Waals surface area contributed by atoms with Gasteiger partial charge in [0.1, 0.15) is 0 Å². The summed E-state index contributed by atoms with van der Waals surface area (Å²) in [6.45, 7) is 1.67. The molecule has 0 unspecified atom stereocenters. The Labute approximate surface area is 61.7 Å². The molecule has 1 aromatic rings. The van der Waals surface area contributed by atoms with Crippen molar-refractivity contribution in [1.82, 2.24) is 4.98 Å². The lowest BCUT2D eigenvalue weighted by molar-refractivity contribution is -0.496. The summed E-state index contributed by atoms with van der Waals surface area (Å²) in [4.78, 5) is 14.3. The van der Waals surface area contributed by atoms with Crippen LogP contribution < -0.4 is 0 Å². The van der Waals surface area contributed by atoms with Crippen molar-refractivity contribution in [2.75, 3.05) is 0 Å². The lowest BCUT2D eigenvalue weighted by Crippen LogP contribution is -1.97. The molecule has 0 aromatic carbocycles. The second-order valence-electron chi connectivity index (χ2n) is 1.85. The number of rotatable bonds is 2. The van der Waals surface area contributed by atoms with Crippen LogP contribution in [0.15, 0.2) is 5.51 Å². The van der Waals surface area contributed by atoms with E-state index in [4.69, 9.17) is 0 Å². The van der Waals surface area contributed by atoms with Gasteiger partial charge in [0, 0.05) is 4.92 Å². The van der Waals surface area contributed by atoms with Crippen LogP contribution >= 0.6 is 11.3 Å². The first-order valence-corrected chi connectivity index (χ1v) is 3.59. The van der Waals surface area contributed by atoms with Crippen LogP contribution in [0.5, 0.6) is 0 Å². The van der Waals surface area contributed by atoms with Crippen LogP contribution in [0.25, 0.3) is 0 Å². The van der Waals surface area contributed by atoms with E-state index in [1.807, 2.05) is 0 Å². The first kappa shape index (κ1) is 7.14. The second kappa shape index (κ2) is 2.74. The van der Waals surface area contributed by atoms with Gasteiger partial charge in [0.15, 0.2) is 0 Å². The van der Waals surface area contributed by atoms with E-state index >= 15 is 0 Å². The van der Waals surface area contributed by atoms with Gasteiger partial charge in [-0.3, -0.25) is 10.1 Å². The largest absolute Gasteiger partial charge is 0.264 e. The maximum absolute atomic E-state index is 10.0. The van der Waals surface area contributed by atoms with Crippen LogP contribution in [0.2, 0.25) is 0 Å². The standard InChI is InChI=1S/C5H6N2O2S/c1-4-5(2-7(8)9)10-3-6-4/h3H,2H2,1H3. The SMILES string of the molecule is Cc1ncsc1C[N+](=O)[O-]. The predicted octanol–water partition coefficient (Wildman–Crippen LogP) is 1.23. The smallest absolute Gasteiger partial charge is 0.239 e. The zero-order valence-electron chi connectivity index (χ0n) is 5.40. The third-order valence-corrected chi connectivity index (χ3v) is 2.04. The molecule has 10 heavy (non-hydrogen) atoms. The Morgan fingerprint density at radius 3 is 3.00 bits per heavy atom. The number of nitro groups is 1. The molecular formula is C5H6N2O2S. The highest BCUT2D eigenvalue weighted by Gasteiger charge is 2.06. The predicted molar refractivity (Wildman–Crippen MR) is 37.5 cm³/mol. The summed E-state index contributed by atoms with van der Waals surface area (Å²) in [5.74, 6) is 0. The van der Waals surface area contributed by atoms with Crippen LogP contribution in [-0.4, -0.2) is 9.91 Å². The van der Waals surface area contributed by atoms with E-state index < -0.39 is 0 Å². The summed E-state index contributed by atoms with van der Waals surface area (Å²) >= 11 is 1.33. The highest BCUT2D eigenvalue weighted by atomic mass is 32.1. The summed E-state index contributed by atoms with van der Waals surface area (Å²) in [5.41, 5.74) is 2.38. The van der Waals surface area contributed by atoms with Crippen molar-refractivity contribution < 1.29 is 4.92 Å². The highest BCUT2D eigenvalue weighted by Crippen LogP contribution is 2.12. The fourth-order valence-electron chi connectivity index (χ4n) is 0.595. The van der Waals surface area contributed by atoms with Gasteiger partial charge in [-0.05, 0) is 6.92 Å². The lowest BCUT2D eigenvalue weighted by atomic mass is 10.4. The van der Waals surface area contributed by atoms with Crippen LogP contribution in [0.4, 0.5) is 0 Å². The molecule has 54 valence electrons. The molecule has 1 heterocycles. The fourth-order valence-corrected chi connectivity index (χ4v) is 1.34. The zero-order chi connectivity index (χ0) is 7.56. The van der Waals surface area contributed by atoms with Crippen molar-refractivity contribution in [3.8, 4) is 0 Å². The summed E-state index contributed by atoms with van der Waals surface area (Å²) < 4.78 is 0. The molecule has 0 saturated heterocycles. The molecule has 5 heteroatoms. The van der Waals surface area contributed by atoms with Gasteiger partial charge in [0.05, 0.1) is 16.1 Å². The average molecular weight is 158 g/mol. The number of nitrogens with zero attached hydrogens (tertiary/aromatic N) is 2. The Kier molecular flexibility index (Phi) is 1.96. The van der Waals surface area contributed by atoms with Crippen molar-refractivity contribution in [3.05, 3.63) is 26.2 Å². The number of hydrogen-bond acceptors (Lipinski definition) is 4. The van der Waals surface area contributed by atoms with E-state index in [1.54, 1.807) is 12.4 Å². The van der Waals surface area contributed by atoms with Gasteiger partial charge in [-0.1, -0.05) is 0 Å². The molecule has 0 saturated carbocycles. The topological polar surface area (TPSA) is 56.0 Å². The Morgan fingerprint density at radius 2 is 2.60 bits per heavy atom. The summed E-state index contributed by atoms with van der Waals surface area (Å²) in [7, 11) is 0. The molecule has 0 spiro atoms. The quantitative estimate of drug-likeness (QED) is 0.480. The van der Waals surface area contributed by atoms with Gasteiger partial charge in [0.25, 0.3) is 0 Å². The number of thiazole rings is 1. The minimum atomic E-state index is -0.347. The Hall–Kier alpha value is -0.970. The van der Waals surface area contributed by atoms with Gasteiger partial charge >= 0.3 is 0 Å². The van der Waals surface area contributed by atoms with E-state index in [0.29, 0.717) is 0 Å². The summed E-state index contributed by atoms with van der Waals surface area (Å²) in [5, 5.41) is 10.0. The molecule has 0 bridgehead atoms. The molecule has 4 nitrogen and oxygen atoms in total. The maximum Gasteiger partial charge on any atom is 0.239 e. The number of hydrogen-bond donors (Lipinski definition) is 0. The van der Waals surface area contributed by atoms with Gasteiger partial charge in [-0.2, -0.15) is 0 Å². The van der Waals surface area contributed by atoms with E-state index in [-0.39, 0.29) is 11.5 Å². The van der Waals surface area contributed by atoms with Crippen molar-refractivity contribution in [1.29, 1.82) is 0 Å². The summed E-state index contributed by atoms with van der Waals surface area (Å²) in [6.07, 6.45) is 0. The van der Waals surface area contributed by atoms with Crippen LogP contribution in [0.3, 0.4) is 0 Å². The zero-order valence-corrected chi connectivity index (χ0v) is 6.22. The molecule has 0 aliphatic carbocycles. The molecule has 0 fully saturated rings. The van der Waals surface area contributed by atoms with Crippen molar-refractivity contribution in [3.63, 3.8) is 0 Å². The minimum absolute atomic E-state index is 0.101. The molecule has 0 aliphatic heterocycles. The maximum atomic E-state index is 10.0. The summed E-state index contributed by atoms with van der Waals surface area (Å²) in [6, 6.07) is 0. The number of aryl methyl sites for hydroxylation is 1. The molecule has 1 aromatic heterocycles. The first-order valence-electron chi connectivity index (χ1n) is 2.71. The van der Waals surface area contributed by atoms with E-state index in [2.05, 4.69) is 4.98 Å². The van der Waals surface area contributed by atoms with Gasteiger partial charge in [-0.15, -0.1) is 11.3 Å². The van der Waals surface area contributed by atoms with E-state index in [1.165, 1.54) is 11.3 Å². The first-order chi connectivity index (χ1) is 4.70. The lowest BCUT2D eigenvalue weighted by Gasteiger charge is -1.88. The molecule has 0 aliphatic rings. The van der Waals surface area contributed by atoms with Crippen LogP contribution in [0.1, 0.15) is 10.6 Å². The molecule has 1 rings (SSSR count). The molecular weight excluding hydrogens is 152 g/mol. The van der Waals surface area contributed by atoms with Crippen molar-refractivity contribution in [2.24, 2.45) is 0 Å². The van der Waals surface area contributed by atoms with Gasteiger partial charge in [0.2, 0.25) is 6.54 Å². The number of aromatic nitrogens is 1. The van der Waals surface area contributed by atoms with E-state index in [0.717, 1.165) is 10.6 Å².